The summed E-state index contributed by atoms with van der Waals surface area (Å²) in [5, 5.41) is 21.8. The van der Waals surface area contributed by atoms with Gasteiger partial charge in [-0.2, -0.15) is 0 Å². The van der Waals surface area contributed by atoms with E-state index in [1.807, 2.05) is 65.0 Å². The van der Waals surface area contributed by atoms with Crippen LogP contribution in [0.4, 0.5) is 4.79 Å². The van der Waals surface area contributed by atoms with Gasteiger partial charge in [-0.15, -0.1) is 11.3 Å². The molecule has 2 aromatic rings. The van der Waals surface area contributed by atoms with E-state index >= 15 is 0 Å². The average molecular weight is 684 g/mol. The highest BCUT2D eigenvalue weighted by Crippen LogP contribution is 2.39. The molecule has 2 aliphatic rings. The van der Waals surface area contributed by atoms with Gasteiger partial charge in [0.25, 0.3) is 0 Å². The van der Waals surface area contributed by atoms with Crippen LogP contribution in [-0.2, 0) is 27.4 Å². The van der Waals surface area contributed by atoms with E-state index in [4.69, 9.17) is 4.74 Å². The van der Waals surface area contributed by atoms with E-state index in [-0.39, 0.29) is 42.5 Å². The number of likely N-dealkylation sites (tertiary alicyclic amines) is 1. The number of amides is 3. The number of carbonyl (C=O) groups is 3. The Kier molecular flexibility index (Phi) is 13.4. The lowest BCUT2D eigenvalue weighted by atomic mass is 9.72. The molecule has 1 aromatic heterocycles. The van der Waals surface area contributed by atoms with E-state index in [1.165, 1.54) is 24.2 Å². The summed E-state index contributed by atoms with van der Waals surface area (Å²) in [6, 6.07) is 7.87. The fraction of sp³-hybridized carbons (Fsp3) is 0.676. The highest BCUT2D eigenvalue weighted by Gasteiger charge is 2.42. The zero-order chi connectivity index (χ0) is 35.0. The summed E-state index contributed by atoms with van der Waals surface area (Å²) >= 11 is 1.50. The quantitative estimate of drug-likeness (QED) is 0.222. The minimum atomic E-state index is -0.958. The third-order valence-corrected chi connectivity index (χ3v) is 10.7. The van der Waals surface area contributed by atoms with Gasteiger partial charge in [0, 0.05) is 30.7 Å². The SMILES string of the molecule is CC(C)c1ncc(COC(=O)N[C@H](C(=O)N[C@@H](Cc2ccccc2)[C@H](O)CN2C[C@H]3CCCC[C@H]3C[C@H]2C(=O)NC(C)(C)C)C(C)C)s1. The number of hydrogen-bond acceptors (Lipinski definition) is 8. The standard InChI is InChI=1S/C37H57N5O5S/c1-23(2)32(40-36(46)47-22-28-19-38-35(48-28)24(3)4)34(45)39-29(17-25-13-9-8-10-14-25)31(43)21-42-20-27-16-12-11-15-26(27)18-30(42)33(44)41-37(5,6)7/h8-10,13-14,19,23-24,26-27,29-32,43H,11-12,15-18,20-22H2,1-7H3,(H,39,45)(H,40,46)(H,41,44)/t26-,27+,29-,30-,31+,32-/m0/s1. The largest absolute Gasteiger partial charge is 0.444 e. The number of hydrogen-bond donors (Lipinski definition) is 4. The van der Waals surface area contributed by atoms with E-state index in [1.54, 1.807) is 6.20 Å². The van der Waals surface area contributed by atoms with Crippen molar-refractivity contribution >= 4 is 29.2 Å². The molecule has 2 fully saturated rings. The molecule has 48 heavy (non-hydrogen) atoms. The molecule has 1 aromatic carbocycles. The molecule has 0 radical (unpaired) electrons. The molecular formula is C37H57N5O5S. The summed E-state index contributed by atoms with van der Waals surface area (Å²) in [5.74, 6) is 0.650. The third-order valence-electron chi connectivity index (χ3n) is 9.45. The molecule has 1 saturated carbocycles. The molecule has 0 bridgehead atoms. The highest BCUT2D eigenvalue weighted by molar-refractivity contribution is 7.11. The molecule has 10 nitrogen and oxygen atoms in total. The van der Waals surface area contributed by atoms with Crippen molar-refractivity contribution in [1.82, 2.24) is 25.8 Å². The minimum Gasteiger partial charge on any atom is -0.444 e. The van der Waals surface area contributed by atoms with Gasteiger partial charge in [-0.3, -0.25) is 14.5 Å². The number of nitrogens with zero attached hydrogens (tertiary/aromatic N) is 2. The Labute approximate surface area is 290 Å². The van der Waals surface area contributed by atoms with Crippen molar-refractivity contribution in [3.63, 3.8) is 0 Å². The van der Waals surface area contributed by atoms with E-state index < -0.39 is 30.2 Å². The van der Waals surface area contributed by atoms with Crippen LogP contribution in [0.1, 0.15) is 102 Å². The number of benzene rings is 1. The molecule has 1 aliphatic carbocycles. The number of rotatable bonds is 13. The summed E-state index contributed by atoms with van der Waals surface area (Å²) < 4.78 is 5.46. The van der Waals surface area contributed by atoms with Crippen molar-refractivity contribution in [3.8, 4) is 0 Å². The number of nitrogens with one attached hydrogen (secondary N) is 3. The van der Waals surface area contributed by atoms with Crippen LogP contribution in [0.3, 0.4) is 0 Å². The number of aliphatic hydroxyl groups excluding tert-OH is 1. The van der Waals surface area contributed by atoms with E-state index in [0.717, 1.165) is 41.3 Å². The van der Waals surface area contributed by atoms with Crippen molar-refractivity contribution < 1.29 is 24.2 Å². The molecule has 11 heteroatoms. The first-order chi connectivity index (χ1) is 22.7. The van der Waals surface area contributed by atoms with Crippen LogP contribution in [0.2, 0.25) is 0 Å². The van der Waals surface area contributed by atoms with Gasteiger partial charge in [0.15, 0.2) is 0 Å². The maximum absolute atomic E-state index is 13.8. The summed E-state index contributed by atoms with van der Waals surface area (Å²) in [4.78, 5) is 47.6. The fourth-order valence-corrected chi connectivity index (χ4v) is 7.75. The van der Waals surface area contributed by atoms with Crippen LogP contribution in [0.15, 0.2) is 36.5 Å². The number of aromatic nitrogens is 1. The number of thiazole rings is 1. The first-order valence-corrected chi connectivity index (χ1v) is 18.5. The zero-order valence-corrected chi connectivity index (χ0v) is 30.6. The Morgan fingerprint density at radius 2 is 1.73 bits per heavy atom. The maximum Gasteiger partial charge on any atom is 0.408 e. The van der Waals surface area contributed by atoms with Gasteiger partial charge in [0.2, 0.25) is 11.8 Å². The number of β-amino-alcohol motifs (C(OH)–C–C–N with tert-alkyl or cyclic N) is 1. The van der Waals surface area contributed by atoms with Crippen molar-refractivity contribution in [2.45, 2.75) is 129 Å². The third kappa shape index (κ3) is 11.0. The van der Waals surface area contributed by atoms with E-state index in [2.05, 4.69) is 39.7 Å². The molecule has 3 amide bonds. The Bertz CT molecular complexity index is 1340. The summed E-state index contributed by atoms with van der Waals surface area (Å²) in [5.41, 5.74) is 0.598. The van der Waals surface area contributed by atoms with Gasteiger partial charge >= 0.3 is 6.09 Å². The smallest absolute Gasteiger partial charge is 0.408 e. The zero-order valence-electron chi connectivity index (χ0n) is 29.8. The second-order valence-electron chi connectivity index (χ2n) is 15.4. The van der Waals surface area contributed by atoms with Gasteiger partial charge in [-0.25, -0.2) is 9.78 Å². The van der Waals surface area contributed by atoms with Crippen LogP contribution in [-0.4, -0.2) is 75.8 Å². The lowest BCUT2D eigenvalue weighted by molar-refractivity contribution is -0.133. The molecule has 4 rings (SSSR count). The Morgan fingerprint density at radius 1 is 1.04 bits per heavy atom. The number of carbonyl (C=O) groups excluding carboxylic acids is 3. The number of ether oxygens (including phenoxy) is 1. The van der Waals surface area contributed by atoms with Crippen molar-refractivity contribution in [2.75, 3.05) is 13.1 Å². The number of alkyl carbamates (subject to hydrolysis) is 1. The Balaban J connectivity index is 1.47. The van der Waals surface area contributed by atoms with Gasteiger partial charge in [-0.1, -0.05) is 77.3 Å². The first-order valence-electron chi connectivity index (χ1n) is 17.7. The van der Waals surface area contributed by atoms with Gasteiger partial charge < -0.3 is 25.8 Å². The lowest BCUT2D eigenvalue weighted by Gasteiger charge is -2.47. The molecule has 4 N–H and O–H groups in total. The minimum absolute atomic E-state index is 0.0105. The molecular weight excluding hydrogens is 627 g/mol. The van der Waals surface area contributed by atoms with Crippen LogP contribution in [0.25, 0.3) is 0 Å². The summed E-state index contributed by atoms with van der Waals surface area (Å²) in [6.07, 6.45) is 5.90. The normalized spacial score (nSPS) is 22.0. The van der Waals surface area contributed by atoms with E-state index in [9.17, 15) is 19.5 Å². The number of piperidine rings is 1. The van der Waals surface area contributed by atoms with Gasteiger partial charge in [0.05, 0.1) is 28.1 Å². The van der Waals surface area contributed by atoms with Crippen LogP contribution >= 0.6 is 11.3 Å². The van der Waals surface area contributed by atoms with Crippen molar-refractivity contribution in [3.05, 3.63) is 52.0 Å². The molecule has 2 heterocycles. The topological polar surface area (TPSA) is 133 Å². The molecule has 1 aliphatic heterocycles. The predicted octanol–water partition coefficient (Wildman–Crippen LogP) is 5.40. The predicted molar refractivity (Wildman–Crippen MR) is 190 cm³/mol. The average Bonchev–Trinajstić information content (AvgIpc) is 3.51. The number of fused-ring (bicyclic) bond motifs is 1. The van der Waals surface area contributed by atoms with Crippen LogP contribution in [0, 0.1) is 17.8 Å². The van der Waals surface area contributed by atoms with Crippen molar-refractivity contribution in [2.24, 2.45) is 17.8 Å². The van der Waals surface area contributed by atoms with Gasteiger partial charge in [-0.05, 0) is 63.4 Å². The van der Waals surface area contributed by atoms with Gasteiger partial charge in [0.1, 0.15) is 12.6 Å². The summed E-state index contributed by atoms with van der Waals surface area (Å²) in [7, 11) is 0. The maximum atomic E-state index is 13.8. The molecule has 6 atom stereocenters. The highest BCUT2D eigenvalue weighted by atomic mass is 32.1. The first kappa shape index (κ1) is 37.8. The molecule has 266 valence electrons. The van der Waals surface area contributed by atoms with Crippen molar-refractivity contribution in [1.29, 1.82) is 0 Å². The van der Waals surface area contributed by atoms with Crippen LogP contribution in [0.5, 0.6) is 0 Å². The number of aliphatic hydroxyl groups is 1. The molecule has 0 unspecified atom stereocenters. The summed E-state index contributed by atoms with van der Waals surface area (Å²) in [6.45, 7) is 14.9. The second kappa shape index (κ2) is 17.1. The van der Waals surface area contributed by atoms with Crippen LogP contribution < -0.4 is 16.0 Å². The monoisotopic (exact) mass is 683 g/mol. The Morgan fingerprint density at radius 3 is 2.35 bits per heavy atom. The molecule has 1 saturated heterocycles. The second-order valence-corrected chi connectivity index (χ2v) is 16.5. The lowest BCUT2D eigenvalue weighted by Crippen LogP contribution is -2.61. The Hall–Kier alpha value is -3.02. The molecule has 0 spiro atoms. The fourth-order valence-electron chi connectivity index (χ4n) is 6.91. The van der Waals surface area contributed by atoms with E-state index in [0.29, 0.717) is 18.3 Å².